The van der Waals surface area contributed by atoms with Crippen LogP contribution in [0.2, 0.25) is 0 Å². The van der Waals surface area contributed by atoms with Crippen LogP contribution in [-0.2, 0) is 15.7 Å². The van der Waals surface area contributed by atoms with Gasteiger partial charge in [0.15, 0.2) is 6.29 Å². The molecular formula is C18H17F3N2O3. The Labute approximate surface area is 147 Å². The third-order valence-electron chi connectivity index (χ3n) is 4.52. The van der Waals surface area contributed by atoms with Crippen molar-refractivity contribution in [2.45, 2.75) is 31.2 Å². The van der Waals surface area contributed by atoms with Gasteiger partial charge in [0.05, 0.1) is 30.8 Å². The van der Waals surface area contributed by atoms with Crippen molar-refractivity contribution in [3.8, 4) is 0 Å². The number of carbonyl (C=O) groups excluding carboxylic acids is 1. The van der Waals surface area contributed by atoms with Crippen molar-refractivity contribution in [1.29, 1.82) is 0 Å². The minimum atomic E-state index is -4.53. The zero-order valence-corrected chi connectivity index (χ0v) is 13.8. The number of benzene rings is 1. The van der Waals surface area contributed by atoms with E-state index in [4.69, 9.17) is 9.47 Å². The Morgan fingerprint density at radius 1 is 1.19 bits per heavy atom. The summed E-state index contributed by atoms with van der Waals surface area (Å²) in [7, 11) is 0. The van der Waals surface area contributed by atoms with Crippen LogP contribution in [-0.4, -0.2) is 36.9 Å². The number of alkyl halides is 3. The highest BCUT2D eigenvalue weighted by Crippen LogP contribution is 2.44. The molecule has 1 N–H and O–H groups in total. The molecule has 26 heavy (non-hydrogen) atoms. The molecule has 1 aliphatic heterocycles. The third kappa shape index (κ3) is 3.52. The van der Waals surface area contributed by atoms with Gasteiger partial charge in [-0.3, -0.25) is 4.79 Å². The summed E-state index contributed by atoms with van der Waals surface area (Å²) in [5.74, 6) is -0.375. The van der Waals surface area contributed by atoms with Crippen molar-refractivity contribution in [2.24, 2.45) is 0 Å². The van der Waals surface area contributed by atoms with E-state index in [0.29, 0.717) is 24.2 Å². The highest BCUT2D eigenvalue weighted by Gasteiger charge is 2.36. The standard InChI is InChI=1S/C18H17F3N2O3/c19-18(20,21)13-8-12(10-1-2-10)7-11-3-4-14(23-16(11)13)17(24)22-9-15-25-5-6-26-15/h3-4,7-8,10,15H,1-2,5-6,9H2,(H,22,24). The number of amides is 1. The van der Waals surface area contributed by atoms with E-state index in [2.05, 4.69) is 10.3 Å². The molecule has 0 atom stereocenters. The molecule has 2 heterocycles. The van der Waals surface area contributed by atoms with Crippen molar-refractivity contribution >= 4 is 16.8 Å². The lowest BCUT2D eigenvalue weighted by Crippen LogP contribution is -2.33. The average Bonchev–Trinajstić information content (AvgIpc) is 3.33. The monoisotopic (exact) mass is 366 g/mol. The number of rotatable bonds is 4. The Morgan fingerprint density at radius 3 is 2.58 bits per heavy atom. The molecule has 1 saturated carbocycles. The second-order valence-corrected chi connectivity index (χ2v) is 6.49. The summed E-state index contributed by atoms with van der Waals surface area (Å²) in [6.45, 7) is 1.02. The second-order valence-electron chi connectivity index (χ2n) is 6.49. The van der Waals surface area contributed by atoms with Crippen LogP contribution < -0.4 is 5.32 Å². The van der Waals surface area contributed by atoms with Crippen LogP contribution in [0.3, 0.4) is 0 Å². The first-order chi connectivity index (χ1) is 12.4. The lowest BCUT2D eigenvalue weighted by Gasteiger charge is -2.14. The summed E-state index contributed by atoms with van der Waals surface area (Å²) in [4.78, 5) is 16.2. The number of hydrogen-bond acceptors (Lipinski definition) is 4. The molecule has 138 valence electrons. The fourth-order valence-electron chi connectivity index (χ4n) is 3.04. The van der Waals surface area contributed by atoms with E-state index >= 15 is 0 Å². The maximum atomic E-state index is 13.5. The smallest absolute Gasteiger partial charge is 0.348 e. The molecule has 1 aromatic carbocycles. The summed E-state index contributed by atoms with van der Waals surface area (Å²) >= 11 is 0. The Bertz CT molecular complexity index is 843. The van der Waals surface area contributed by atoms with Gasteiger partial charge in [-0.1, -0.05) is 6.07 Å². The number of aromatic nitrogens is 1. The van der Waals surface area contributed by atoms with Gasteiger partial charge in [0.2, 0.25) is 0 Å². The van der Waals surface area contributed by atoms with Gasteiger partial charge in [-0.05, 0) is 42.5 Å². The molecule has 1 saturated heterocycles. The summed E-state index contributed by atoms with van der Waals surface area (Å²) in [6.07, 6.45) is -3.26. The molecule has 1 aromatic heterocycles. The first-order valence-electron chi connectivity index (χ1n) is 8.45. The van der Waals surface area contributed by atoms with Crippen LogP contribution in [0.4, 0.5) is 13.2 Å². The van der Waals surface area contributed by atoms with Crippen molar-refractivity contribution in [1.82, 2.24) is 10.3 Å². The molecule has 0 unspecified atom stereocenters. The van der Waals surface area contributed by atoms with Gasteiger partial charge in [-0.15, -0.1) is 0 Å². The number of pyridine rings is 1. The first kappa shape index (κ1) is 17.2. The maximum Gasteiger partial charge on any atom is 0.418 e. The van der Waals surface area contributed by atoms with Gasteiger partial charge >= 0.3 is 6.18 Å². The largest absolute Gasteiger partial charge is 0.418 e. The molecule has 0 spiro atoms. The number of fused-ring (bicyclic) bond motifs is 1. The number of nitrogens with zero attached hydrogens (tertiary/aromatic N) is 1. The summed E-state index contributed by atoms with van der Waals surface area (Å²) < 4.78 is 50.9. The van der Waals surface area contributed by atoms with E-state index in [1.165, 1.54) is 12.1 Å². The van der Waals surface area contributed by atoms with Crippen LogP contribution in [0.25, 0.3) is 10.9 Å². The molecule has 2 fully saturated rings. The summed E-state index contributed by atoms with van der Waals surface area (Å²) in [5, 5.41) is 2.96. The lowest BCUT2D eigenvalue weighted by atomic mass is 10.0. The number of carbonyl (C=O) groups is 1. The van der Waals surface area contributed by atoms with Crippen molar-refractivity contribution in [3.63, 3.8) is 0 Å². The predicted molar refractivity (Wildman–Crippen MR) is 86.7 cm³/mol. The van der Waals surface area contributed by atoms with Crippen LogP contribution in [0.5, 0.6) is 0 Å². The molecule has 4 rings (SSSR count). The Kier molecular flexibility index (Phi) is 4.32. The zero-order valence-electron chi connectivity index (χ0n) is 13.8. The van der Waals surface area contributed by atoms with Gasteiger partial charge in [0.25, 0.3) is 5.91 Å². The topological polar surface area (TPSA) is 60.5 Å². The van der Waals surface area contributed by atoms with Crippen molar-refractivity contribution in [3.05, 3.63) is 41.1 Å². The molecule has 2 aliphatic rings. The minimum Gasteiger partial charge on any atom is -0.348 e. The molecular weight excluding hydrogens is 349 g/mol. The highest BCUT2D eigenvalue weighted by molar-refractivity contribution is 5.95. The third-order valence-corrected chi connectivity index (χ3v) is 4.52. The minimum absolute atomic E-state index is 0.0693. The number of nitrogens with one attached hydrogen (secondary N) is 1. The molecule has 0 radical (unpaired) electrons. The van der Waals surface area contributed by atoms with Gasteiger partial charge in [0, 0.05) is 5.39 Å². The lowest BCUT2D eigenvalue weighted by molar-refractivity contribution is -0.136. The van der Waals surface area contributed by atoms with Gasteiger partial charge < -0.3 is 14.8 Å². The zero-order chi connectivity index (χ0) is 18.3. The normalized spacial score (nSPS) is 18.4. The van der Waals surface area contributed by atoms with Crippen molar-refractivity contribution in [2.75, 3.05) is 19.8 Å². The van der Waals surface area contributed by atoms with Crippen LogP contribution in [0, 0.1) is 0 Å². The Hall–Kier alpha value is -2.19. The second kappa shape index (κ2) is 6.51. The number of halogens is 3. The van der Waals surface area contributed by atoms with E-state index in [1.54, 1.807) is 6.07 Å². The average molecular weight is 366 g/mol. The SMILES string of the molecule is O=C(NCC1OCCO1)c1ccc2cc(C3CC3)cc(C(F)(F)F)c2n1. The first-order valence-corrected chi connectivity index (χ1v) is 8.45. The fourth-order valence-corrected chi connectivity index (χ4v) is 3.04. The van der Waals surface area contributed by atoms with E-state index in [1.807, 2.05) is 0 Å². The van der Waals surface area contributed by atoms with Gasteiger partial charge in [-0.2, -0.15) is 13.2 Å². The molecule has 8 heteroatoms. The van der Waals surface area contributed by atoms with E-state index in [9.17, 15) is 18.0 Å². The fraction of sp³-hybridized carbons (Fsp3) is 0.444. The van der Waals surface area contributed by atoms with Gasteiger partial charge in [-0.25, -0.2) is 4.98 Å². The predicted octanol–water partition coefficient (Wildman–Crippen LogP) is 3.23. The quantitative estimate of drug-likeness (QED) is 0.903. The van der Waals surface area contributed by atoms with Crippen molar-refractivity contribution < 1.29 is 27.4 Å². The molecule has 1 amide bonds. The number of hydrogen-bond donors (Lipinski definition) is 1. The van der Waals surface area contributed by atoms with E-state index in [-0.39, 0.29) is 23.7 Å². The van der Waals surface area contributed by atoms with E-state index < -0.39 is 23.9 Å². The van der Waals surface area contributed by atoms with E-state index in [0.717, 1.165) is 18.9 Å². The van der Waals surface area contributed by atoms with Crippen LogP contribution >= 0.6 is 0 Å². The highest BCUT2D eigenvalue weighted by atomic mass is 19.4. The molecule has 2 aromatic rings. The summed E-state index contributed by atoms with van der Waals surface area (Å²) in [6, 6.07) is 5.85. The summed E-state index contributed by atoms with van der Waals surface area (Å²) in [5.41, 5.74) is -0.392. The molecule has 0 bridgehead atoms. The molecule has 5 nitrogen and oxygen atoms in total. The Morgan fingerprint density at radius 2 is 1.92 bits per heavy atom. The number of ether oxygens (including phenoxy) is 2. The van der Waals surface area contributed by atoms with Gasteiger partial charge in [0.1, 0.15) is 5.69 Å². The van der Waals surface area contributed by atoms with Crippen LogP contribution in [0.1, 0.15) is 40.4 Å². The maximum absolute atomic E-state index is 13.5. The molecule has 1 aliphatic carbocycles. The van der Waals surface area contributed by atoms with Crippen LogP contribution in [0.15, 0.2) is 24.3 Å². The Balaban J connectivity index is 1.64.